The molecule has 0 aromatic heterocycles. The van der Waals surface area contributed by atoms with Crippen molar-refractivity contribution < 1.29 is 19.1 Å². The quantitative estimate of drug-likeness (QED) is 0.668. The third-order valence-electron chi connectivity index (χ3n) is 4.00. The second kappa shape index (κ2) is 3.45. The van der Waals surface area contributed by atoms with Crippen molar-refractivity contribution in [3.8, 4) is 0 Å². The minimum atomic E-state index is -0.264. The zero-order valence-electron chi connectivity index (χ0n) is 9.14. The van der Waals surface area contributed by atoms with Crippen LogP contribution in [0.15, 0.2) is 0 Å². The molecule has 1 heterocycles. The lowest BCUT2D eigenvalue weighted by atomic mass is 9.88. The number of fused-ring (bicyclic) bond motifs is 1. The molecule has 0 spiro atoms. The number of nitrogens with one attached hydrogen (secondary N) is 1. The van der Waals surface area contributed by atoms with Crippen LogP contribution >= 0.6 is 0 Å². The highest BCUT2D eigenvalue weighted by Crippen LogP contribution is 2.55. The van der Waals surface area contributed by atoms with Crippen LogP contribution in [0.5, 0.6) is 0 Å². The first-order chi connectivity index (χ1) is 7.70. The Labute approximate surface area is 93.5 Å². The van der Waals surface area contributed by atoms with Crippen molar-refractivity contribution in [2.45, 2.75) is 25.0 Å². The standard InChI is InChI=1S/C11H15NO4/c1-12-4-8(13)15-9-5-2-6-7(3-5)11(14)16-10(6)9/h5-7,9-10,12H,2-4H2,1H3. The molecule has 2 bridgehead atoms. The van der Waals surface area contributed by atoms with Crippen LogP contribution in [0.2, 0.25) is 0 Å². The highest BCUT2D eigenvalue weighted by Gasteiger charge is 2.63. The van der Waals surface area contributed by atoms with Crippen molar-refractivity contribution in [2.24, 2.45) is 17.8 Å². The van der Waals surface area contributed by atoms with Crippen LogP contribution in [0, 0.1) is 17.8 Å². The summed E-state index contributed by atoms with van der Waals surface area (Å²) < 4.78 is 10.7. The summed E-state index contributed by atoms with van der Waals surface area (Å²) in [4.78, 5) is 22.9. The molecule has 5 nitrogen and oxygen atoms in total. The van der Waals surface area contributed by atoms with Gasteiger partial charge in [0.15, 0.2) is 0 Å². The highest BCUT2D eigenvalue weighted by atomic mass is 16.6. The van der Waals surface area contributed by atoms with Gasteiger partial charge in [0.25, 0.3) is 0 Å². The minimum Gasteiger partial charge on any atom is -0.458 e. The molecule has 2 saturated carbocycles. The van der Waals surface area contributed by atoms with Gasteiger partial charge in [-0.3, -0.25) is 9.59 Å². The fourth-order valence-corrected chi connectivity index (χ4v) is 3.40. The summed E-state index contributed by atoms with van der Waals surface area (Å²) in [6, 6.07) is 0. The zero-order chi connectivity index (χ0) is 11.3. The minimum absolute atomic E-state index is 0.0780. The Balaban J connectivity index is 1.70. The maximum Gasteiger partial charge on any atom is 0.320 e. The molecule has 3 aliphatic rings. The summed E-state index contributed by atoms with van der Waals surface area (Å²) in [6.07, 6.45) is 1.43. The second-order valence-corrected chi connectivity index (χ2v) is 4.89. The Kier molecular flexibility index (Phi) is 2.17. The molecule has 5 unspecified atom stereocenters. The third kappa shape index (κ3) is 1.27. The van der Waals surface area contributed by atoms with Crippen molar-refractivity contribution in [2.75, 3.05) is 13.6 Å². The van der Waals surface area contributed by atoms with Crippen LogP contribution in [0.1, 0.15) is 12.8 Å². The number of ether oxygens (including phenoxy) is 2. The lowest BCUT2D eigenvalue weighted by Crippen LogP contribution is -2.37. The average molecular weight is 225 g/mol. The van der Waals surface area contributed by atoms with E-state index in [2.05, 4.69) is 5.32 Å². The number of rotatable bonds is 3. The maximum absolute atomic E-state index is 11.5. The van der Waals surface area contributed by atoms with Crippen molar-refractivity contribution in [1.29, 1.82) is 0 Å². The maximum atomic E-state index is 11.5. The lowest BCUT2D eigenvalue weighted by Gasteiger charge is -2.25. The van der Waals surface area contributed by atoms with Crippen LogP contribution in [-0.2, 0) is 19.1 Å². The van der Waals surface area contributed by atoms with E-state index >= 15 is 0 Å². The molecular weight excluding hydrogens is 210 g/mol. The van der Waals surface area contributed by atoms with E-state index in [0.29, 0.717) is 11.8 Å². The third-order valence-corrected chi connectivity index (χ3v) is 4.00. The lowest BCUT2D eigenvalue weighted by molar-refractivity contribution is -0.160. The first kappa shape index (κ1) is 10.1. The SMILES string of the molecule is CNCC(=O)OC1C2CC3C(=O)OC1C3C2. The molecule has 0 radical (unpaired) electrons. The van der Waals surface area contributed by atoms with E-state index in [1.54, 1.807) is 7.05 Å². The largest absolute Gasteiger partial charge is 0.458 e. The number of hydrogen-bond acceptors (Lipinski definition) is 5. The van der Waals surface area contributed by atoms with E-state index in [1.165, 1.54) is 0 Å². The summed E-state index contributed by atoms with van der Waals surface area (Å²) in [5, 5.41) is 2.76. The van der Waals surface area contributed by atoms with E-state index in [9.17, 15) is 9.59 Å². The van der Waals surface area contributed by atoms with Crippen LogP contribution in [0.25, 0.3) is 0 Å². The van der Waals surface area contributed by atoms with Crippen LogP contribution in [0.4, 0.5) is 0 Å². The van der Waals surface area contributed by atoms with Gasteiger partial charge in [0.2, 0.25) is 0 Å². The molecule has 2 aliphatic carbocycles. The fourth-order valence-electron chi connectivity index (χ4n) is 3.40. The van der Waals surface area contributed by atoms with E-state index < -0.39 is 0 Å². The fraction of sp³-hybridized carbons (Fsp3) is 0.818. The Morgan fingerprint density at radius 1 is 1.56 bits per heavy atom. The predicted octanol–water partition coefficient (Wildman–Crippen LogP) is -0.301. The summed E-state index contributed by atoms with van der Waals surface area (Å²) in [6.45, 7) is 0.206. The molecule has 1 N–H and O–H groups in total. The van der Waals surface area contributed by atoms with E-state index in [-0.39, 0.29) is 36.6 Å². The molecule has 5 atom stereocenters. The van der Waals surface area contributed by atoms with E-state index in [4.69, 9.17) is 9.47 Å². The Morgan fingerprint density at radius 2 is 2.38 bits per heavy atom. The van der Waals surface area contributed by atoms with Crippen molar-refractivity contribution in [1.82, 2.24) is 5.32 Å². The Hall–Kier alpha value is -1.10. The van der Waals surface area contributed by atoms with Gasteiger partial charge in [-0.25, -0.2) is 0 Å². The molecule has 1 aliphatic heterocycles. The van der Waals surface area contributed by atoms with Gasteiger partial charge < -0.3 is 14.8 Å². The predicted molar refractivity (Wildman–Crippen MR) is 53.4 cm³/mol. The van der Waals surface area contributed by atoms with Gasteiger partial charge in [0.1, 0.15) is 12.2 Å². The number of likely N-dealkylation sites (N-methyl/N-ethyl adjacent to an activating group) is 1. The van der Waals surface area contributed by atoms with Crippen LogP contribution < -0.4 is 5.32 Å². The molecular formula is C11H15NO4. The molecule has 5 heteroatoms. The smallest absolute Gasteiger partial charge is 0.320 e. The van der Waals surface area contributed by atoms with Crippen molar-refractivity contribution in [3.05, 3.63) is 0 Å². The van der Waals surface area contributed by atoms with E-state index in [0.717, 1.165) is 12.8 Å². The molecule has 1 saturated heterocycles. The molecule has 0 amide bonds. The summed E-state index contributed by atoms with van der Waals surface area (Å²) in [5.74, 6) is 0.343. The monoisotopic (exact) mass is 225 g/mol. The summed E-state index contributed by atoms with van der Waals surface area (Å²) in [5.41, 5.74) is 0. The first-order valence-corrected chi connectivity index (χ1v) is 5.75. The molecule has 3 fully saturated rings. The molecule has 0 aromatic carbocycles. The zero-order valence-corrected chi connectivity index (χ0v) is 9.14. The van der Waals surface area contributed by atoms with Gasteiger partial charge in [0, 0.05) is 11.8 Å². The number of carbonyl (C=O) groups is 2. The second-order valence-electron chi connectivity index (χ2n) is 4.89. The summed E-state index contributed by atoms with van der Waals surface area (Å²) in [7, 11) is 1.70. The van der Waals surface area contributed by atoms with E-state index in [1.807, 2.05) is 0 Å². The van der Waals surface area contributed by atoms with Gasteiger partial charge in [-0.15, -0.1) is 0 Å². The number of carbonyl (C=O) groups excluding carboxylic acids is 2. The van der Waals surface area contributed by atoms with Gasteiger partial charge in [-0.1, -0.05) is 0 Å². The molecule has 3 rings (SSSR count). The van der Waals surface area contributed by atoms with Crippen LogP contribution in [-0.4, -0.2) is 37.7 Å². The molecule has 16 heavy (non-hydrogen) atoms. The van der Waals surface area contributed by atoms with Gasteiger partial charge in [-0.05, 0) is 19.9 Å². The Bertz CT molecular complexity index is 343. The normalized spacial score (nSPS) is 43.6. The summed E-state index contributed by atoms with van der Waals surface area (Å²) >= 11 is 0. The van der Waals surface area contributed by atoms with Gasteiger partial charge in [-0.2, -0.15) is 0 Å². The van der Waals surface area contributed by atoms with Crippen molar-refractivity contribution in [3.63, 3.8) is 0 Å². The van der Waals surface area contributed by atoms with Crippen LogP contribution in [0.3, 0.4) is 0 Å². The van der Waals surface area contributed by atoms with Gasteiger partial charge >= 0.3 is 11.9 Å². The molecule has 0 aromatic rings. The number of hydrogen-bond donors (Lipinski definition) is 1. The topological polar surface area (TPSA) is 64.6 Å². The average Bonchev–Trinajstić information content (AvgIpc) is 2.82. The molecule has 88 valence electrons. The number of esters is 2. The highest BCUT2D eigenvalue weighted by molar-refractivity contribution is 5.77. The first-order valence-electron chi connectivity index (χ1n) is 5.75. The van der Waals surface area contributed by atoms with Crippen molar-refractivity contribution >= 4 is 11.9 Å². The van der Waals surface area contributed by atoms with Gasteiger partial charge in [0.05, 0.1) is 12.5 Å². The Morgan fingerprint density at radius 3 is 3.12 bits per heavy atom.